The van der Waals surface area contributed by atoms with Crippen LogP contribution in [0.4, 0.5) is 5.82 Å². The van der Waals surface area contributed by atoms with Gasteiger partial charge in [0.2, 0.25) is 0 Å². The van der Waals surface area contributed by atoms with Crippen LogP contribution in [0.1, 0.15) is 26.5 Å². The fraction of sp³-hybridized carbons (Fsp3) is 0.444. The van der Waals surface area contributed by atoms with Crippen LogP contribution in [0.5, 0.6) is 0 Å². The largest absolute Gasteiger partial charge is 0.366 e. The predicted molar refractivity (Wildman–Crippen MR) is 106 cm³/mol. The minimum atomic E-state index is -0.505. The van der Waals surface area contributed by atoms with Gasteiger partial charge >= 0.3 is 0 Å². The summed E-state index contributed by atoms with van der Waals surface area (Å²) >= 11 is 6.11. The van der Waals surface area contributed by atoms with Crippen molar-refractivity contribution in [1.82, 2.24) is 15.1 Å². The van der Waals surface area contributed by atoms with E-state index in [1.165, 1.54) is 0 Å². The summed E-state index contributed by atoms with van der Waals surface area (Å²) in [6.45, 7) is 8.03. The molecule has 1 aromatic carbocycles. The molecule has 0 unspecified atom stereocenters. The number of morpholine rings is 1. The minimum absolute atomic E-state index is 0. The Balaban J connectivity index is 0.00000243. The lowest BCUT2D eigenvalue weighted by atomic mass is 9.92. The zero-order chi connectivity index (χ0) is 18.0. The Morgan fingerprint density at radius 1 is 1.38 bits per heavy atom. The molecule has 2 aromatic rings. The average molecular weight is 399 g/mol. The smallest absolute Gasteiger partial charge is 0.255 e. The second kappa shape index (κ2) is 8.39. The van der Waals surface area contributed by atoms with Gasteiger partial charge in [-0.25, -0.2) is 4.68 Å². The fourth-order valence-electron chi connectivity index (χ4n) is 2.58. The molecule has 1 atom stereocenters. The molecule has 1 aliphatic rings. The van der Waals surface area contributed by atoms with Crippen LogP contribution in [0.2, 0.25) is 5.02 Å². The number of benzene rings is 1. The third-order valence-electron chi connectivity index (χ3n) is 4.00. The Morgan fingerprint density at radius 2 is 2.15 bits per heavy atom. The quantitative estimate of drug-likeness (QED) is 0.832. The molecule has 0 saturated carbocycles. The molecule has 1 aliphatic heterocycles. The summed E-state index contributed by atoms with van der Waals surface area (Å²) in [4.78, 5) is 12.5. The fourth-order valence-corrected chi connectivity index (χ4v) is 2.77. The lowest BCUT2D eigenvalue weighted by Crippen LogP contribution is -2.45. The summed E-state index contributed by atoms with van der Waals surface area (Å²) in [5.41, 5.74) is 1.53. The van der Waals surface area contributed by atoms with Gasteiger partial charge < -0.3 is 15.4 Å². The van der Waals surface area contributed by atoms with Crippen molar-refractivity contribution in [3.05, 3.63) is 41.0 Å². The SMILES string of the molecule is CC(C)(C)c1cc(NC(=O)[C@H]2CNCCO2)n(-c2cccc(Cl)c2)n1.Cl. The van der Waals surface area contributed by atoms with Gasteiger partial charge in [-0.3, -0.25) is 4.79 Å². The van der Waals surface area contributed by atoms with Crippen LogP contribution >= 0.6 is 24.0 Å². The first-order chi connectivity index (χ1) is 11.8. The third-order valence-corrected chi connectivity index (χ3v) is 4.24. The van der Waals surface area contributed by atoms with Crippen LogP contribution < -0.4 is 10.6 Å². The Labute approximate surface area is 164 Å². The molecule has 6 nitrogen and oxygen atoms in total. The van der Waals surface area contributed by atoms with Crippen molar-refractivity contribution < 1.29 is 9.53 Å². The van der Waals surface area contributed by atoms with Crippen molar-refractivity contribution in [3.63, 3.8) is 0 Å². The van der Waals surface area contributed by atoms with Gasteiger partial charge in [0, 0.05) is 29.6 Å². The van der Waals surface area contributed by atoms with Gasteiger partial charge in [-0.15, -0.1) is 12.4 Å². The zero-order valence-electron chi connectivity index (χ0n) is 15.1. The van der Waals surface area contributed by atoms with Crippen molar-refractivity contribution in [2.24, 2.45) is 0 Å². The summed E-state index contributed by atoms with van der Waals surface area (Å²) in [6.07, 6.45) is -0.505. The van der Waals surface area contributed by atoms with Crippen molar-refractivity contribution >= 4 is 35.7 Å². The van der Waals surface area contributed by atoms with E-state index in [0.29, 0.717) is 24.0 Å². The summed E-state index contributed by atoms with van der Waals surface area (Å²) < 4.78 is 7.23. The van der Waals surface area contributed by atoms with Gasteiger partial charge in [-0.1, -0.05) is 38.4 Å². The molecule has 1 aromatic heterocycles. The first-order valence-corrected chi connectivity index (χ1v) is 8.72. The normalized spacial score (nSPS) is 17.5. The summed E-state index contributed by atoms with van der Waals surface area (Å²) in [7, 11) is 0. The predicted octanol–water partition coefficient (Wildman–Crippen LogP) is 3.17. The van der Waals surface area contributed by atoms with Gasteiger partial charge in [0.15, 0.2) is 0 Å². The van der Waals surface area contributed by atoms with Gasteiger partial charge in [0.05, 0.1) is 18.0 Å². The summed E-state index contributed by atoms with van der Waals surface area (Å²) in [6, 6.07) is 9.28. The summed E-state index contributed by atoms with van der Waals surface area (Å²) in [5.74, 6) is 0.419. The lowest BCUT2D eigenvalue weighted by molar-refractivity contribution is -0.128. The standard InChI is InChI=1S/C18H23ClN4O2.ClH/c1-18(2,3)15-10-16(21-17(24)14-11-20-7-8-25-14)23(22-15)13-6-4-5-12(19)9-13;/h4-6,9-10,14,20H,7-8,11H2,1-3H3,(H,21,24);1H/t14-;/m1./s1. The van der Waals surface area contributed by atoms with Crippen LogP contribution in [-0.2, 0) is 14.9 Å². The first-order valence-electron chi connectivity index (χ1n) is 8.34. The van der Waals surface area contributed by atoms with Crippen molar-refractivity contribution in [1.29, 1.82) is 0 Å². The number of amides is 1. The van der Waals surface area contributed by atoms with Crippen molar-refractivity contribution in [2.45, 2.75) is 32.3 Å². The van der Waals surface area contributed by atoms with Gasteiger partial charge in [0.25, 0.3) is 5.91 Å². The van der Waals surface area contributed by atoms with Crippen LogP contribution in [0.15, 0.2) is 30.3 Å². The molecule has 1 amide bonds. The number of halogens is 2. The number of aromatic nitrogens is 2. The number of carbonyl (C=O) groups excluding carboxylic acids is 1. The molecule has 0 bridgehead atoms. The maximum absolute atomic E-state index is 12.5. The molecular weight excluding hydrogens is 375 g/mol. The first kappa shape index (κ1) is 20.7. The van der Waals surface area contributed by atoms with E-state index in [1.54, 1.807) is 10.7 Å². The Hall–Kier alpha value is -1.60. The van der Waals surface area contributed by atoms with Crippen LogP contribution in [0.3, 0.4) is 0 Å². The number of rotatable bonds is 3. The molecule has 2 N–H and O–H groups in total. The number of carbonyl (C=O) groups is 1. The molecular formula is C18H24Cl2N4O2. The molecule has 8 heteroatoms. The zero-order valence-corrected chi connectivity index (χ0v) is 16.7. The van der Waals surface area contributed by atoms with E-state index in [-0.39, 0.29) is 23.7 Å². The number of ether oxygens (including phenoxy) is 1. The second-order valence-corrected chi connectivity index (χ2v) is 7.55. The molecule has 0 radical (unpaired) electrons. The Morgan fingerprint density at radius 3 is 2.77 bits per heavy atom. The molecule has 2 heterocycles. The molecule has 1 saturated heterocycles. The number of nitrogens with one attached hydrogen (secondary N) is 2. The van der Waals surface area contributed by atoms with E-state index in [4.69, 9.17) is 16.3 Å². The number of hydrogen-bond acceptors (Lipinski definition) is 4. The number of hydrogen-bond donors (Lipinski definition) is 2. The molecule has 142 valence electrons. The van der Waals surface area contributed by atoms with Gasteiger partial charge in [-0.05, 0) is 18.2 Å². The number of nitrogens with zero attached hydrogens (tertiary/aromatic N) is 2. The topological polar surface area (TPSA) is 68.2 Å². The summed E-state index contributed by atoms with van der Waals surface area (Å²) in [5, 5.41) is 11.4. The van der Waals surface area contributed by atoms with E-state index >= 15 is 0 Å². The Bertz CT molecular complexity index is 765. The van der Waals surface area contributed by atoms with Crippen LogP contribution in [0, 0.1) is 0 Å². The van der Waals surface area contributed by atoms with E-state index in [0.717, 1.165) is 17.9 Å². The third kappa shape index (κ3) is 4.76. The molecule has 3 rings (SSSR count). The molecule has 1 fully saturated rings. The van der Waals surface area contributed by atoms with E-state index in [9.17, 15) is 4.79 Å². The van der Waals surface area contributed by atoms with Crippen LogP contribution in [0.25, 0.3) is 5.69 Å². The molecule has 0 aliphatic carbocycles. The van der Waals surface area contributed by atoms with Gasteiger partial charge in [-0.2, -0.15) is 5.10 Å². The van der Waals surface area contributed by atoms with E-state index in [1.807, 2.05) is 24.3 Å². The highest BCUT2D eigenvalue weighted by Gasteiger charge is 2.25. The molecule has 26 heavy (non-hydrogen) atoms. The lowest BCUT2D eigenvalue weighted by Gasteiger charge is -2.22. The van der Waals surface area contributed by atoms with E-state index in [2.05, 4.69) is 36.5 Å². The minimum Gasteiger partial charge on any atom is -0.366 e. The maximum Gasteiger partial charge on any atom is 0.255 e. The molecule has 0 spiro atoms. The average Bonchev–Trinajstić information content (AvgIpc) is 3.00. The van der Waals surface area contributed by atoms with Crippen molar-refractivity contribution in [2.75, 3.05) is 25.0 Å². The van der Waals surface area contributed by atoms with Gasteiger partial charge in [0.1, 0.15) is 11.9 Å². The Kier molecular flexibility index (Phi) is 6.69. The monoisotopic (exact) mass is 398 g/mol. The van der Waals surface area contributed by atoms with E-state index < -0.39 is 6.10 Å². The maximum atomic E-state index is 12.5. The number of anilines is 1. The van der Waals surface area contributed by atoms with Crippen LogP contribution in [-0.4, -0.2) is 41.5 Å². The highest BCUT2D eigenvalue weighted by molar-refractivity contribution is 6.30. The van der Waals surface area contributed by atoms with Crippen molar-refractivity contribution in [3.8, 4) is 5.69 Å². The highest BCUT2D eigenvalue weighted by Crippen LogP contribution is 2.27. The second-order valence-electron chi connectivity index (χ2n) is 7.11. The highest BCUT2D eigenvalue weighted by atomic mass is 35.5.